The number of carbonyl (C=O) groups is 2. The van der Waals surface area contributed by atoms with E-state index in [0.717, 1.165) is 57.1 Å². The van der Waals surface area contributed by atoms with E-state index in [4.69, 9.17) is 4.74 Å². The van der Waals surface area contributed by atoms with E-state index in [0.29, 0.717) is 17.7 Å². The monoisotopic (exact) mass is 462 g/mol. The summed E-state index contributed by atoms with van der Waals surface area (Å²) in [5.41, 5.74) is 2.38. The quantitative estimate of drug-likeness (QED) is 0.607. The van der Waals surface area contributed by atoms with Crippen LogP contribution < -0.4 is 0 Å². The lowest BCUT2D eigenvalue weighted by atomic mass is 9.98. The summed E-state index contributed by atoms with van der Waals surface area (Å²) in [7, 11) is -3.56. The molecule has 4 rings (SSSR count). The Morgan fingerprint density at radius 3 is 2.50 bits per heavy atom. The molecule has 32 heavy (non-hydrogen) atoms. The van der Waals surface area contributed by atoms with Crippen LogP contribution in [0.4, 0.5) is 0 Å². The number of nitrogens with zero attached hydrogens (tertiary/aromatic N) is 2. The molecule has 0 radical (unpaired) electrons. The van der Waals surface area contributed by atoms with Crippen LogP contribution >= 0.6 is 0 Å². The fourth-order valence-corrected chi connectivity index (χ4v) is 6.80. The van der Waals surface area contributed by atoms with Gasteiger partial charge < -0.3 is 9.64 Å². The second-order valence-corrected chi connectivity index (χ2v) is 11.2. The molecule has 2 heterocycles. The lowest BCUT2D eigenvalue weighted by Gasteiger charge is -2.35. The predicted molar refractivity (Wildman–Crippen MR) is 121 cm³/mol. The Hall–Kier alpha value is -1.93. The summed E-state index contributed by atoms with van der Waals surface area (Å²) in [5.74, 6) is -0.878. The molecule has 3 aliphatic rings. The first-order valence-corrected chi connectivity index (χ1v) is 13.4. The van der Waals surface area contributed by atoms with Gasteiger partial charge in [0.2, 0.25) is 10.0 Å². The van der Waals surface area contributed by atoms with Gasteiger partial charge in [0, 0.05) is 25.7 Å². The molecule has 0 N–H and O–H groups in total. The number of carbonyl (C=O) groups excluding carboxylic acids is 2. The minimum atomic E-state index is -3.56. The van der Waals surface area contributed by atoms with Crippen molar-refractivity contribution in [3.05, 3.63) is 29.3 Å². The SMILES string of the molecule is CCC1CCCCN1C(=O)COC(=O)C1CCN(S(=O)(=O)c2ccc3c(c2)CCC3)CC1. The number of hydrogen-bond donors (Lipinski definition) is 0. The molecule has 2 fully saturated rings. The molecule has 0 bridgehead atoms. The fourth-order valence-electron chi connectivity index (χ4n) is 5.28. The zero-order valence-corrected chi connectivity index (χ0v) is 19.7. The molecule has 7 nitrogen and oxygen atoms in total. The molecule has 0 aromatic heterocycles. The van der Waals surface area contributed by atoms with Crippen LogP contribution in [0.15, 0.2) is 23.1 Å². The largest absolute Gasteiger partial charge is 0.455 e. The Balaban J connectivity index is 1.28. The van der Waals surface area contributed by atoms with Crippen LogP contribution in [0.5, 0.6) is 0 Å². The highest BCUT2D eigenvalue weighted by Crippen LogP contribution is 2.29. The van der Waals surface area contributed by atoms with E-state index in [2.05, 4.69) is 6.92 Å². The van der Waals surface area contributed by atoms with Crippen LogP contribution in [0.3, 0.4) is 0 Å². The second-order valence-electron chi connectivity index (χ2n) is 9.22. The molecule has 1 aromatic rings. The van der Waals surface area contributed by atoms with Crippen LogP contribution in [-0.2, 0) is 37.2 Å². The highest BCUT2D eigenvalue weighted by atomic mass is 32.2. The van der Waals surface area contributed by atoms with Gasteiger partial charge in [0.25, 0.3) is 5.91 Å². The molecule has 2 saturated heterocycles. The molecular formula is C24H34N2O5S. The highest BCUT2D eigenvalue weighted by Gasteiger charge is 2.34. The zero-order valence-electron chi connectivity index (χ0n) is 18.9. The number of ether oxygens (including phenoxy) is 1. The Labute approximate surface area is 191 Å². The molecule has 1 unspecified atom stereocenters. The molecule has 0 spiro atoms. The Morgan fingerprint density at radius 1 is 1.00 bits per heavy atom. The maximum Gasteiger partial charge on any atom is 0.309 e. The van der Waals surface area contributed by atoms with Crippen molar-refractivity contribution in [1.82, 2.24) is 9.21 Å². The number of sulfonamides is 1. The first-order valence-electron chi connectivity index (χ1n) is 12.0. The number of hydrogen-bond acceptors (Lipinski definition) is 5. The molecule has 1 atom stereocenters. The molecule has 1 aliphatic carbocycles. The van der Waals surface area contributed by atoms with Gasteiger partial charge in [0.15, 0.2) is 6.61 Å². The lowest BCUT2D eigenvalue weighted by Crippen LogP contribution is -2.46. The van der Waals surface area contributed by atoms with Crippen LogP contribution in [0.25, 0.3) is 0 Å². The second kappa shape index (κ2) is 9.91. The smallest absolute Gasteiger partial charge is 0.309 e. The van der Waals surface area contributed by atoms with E-state index in [1.165, 1.54) is 9.87 Å². The van der Waals surface area contributed by atoms with Gasteiger partial charge in [-0.05, 0) is 81.0 Å². The van der Waals surface area contributed by atoms with Gasteiger partial charge in [-0.25, -0.2) is 8.42 Å². The van der Waals surface area contributed by atoms with Crippen molar-refractivity contribution >= 4 is 21.9 Å². The summed E-state index contributed by atoms with van der Waals surface area (Å²) >= 11 is 0. The van der Waals surface area contributed by atoms with Crippen LogP contribution in [0, 0.1) is 5.92 Å². The highest BCUT2D eigenvalue weighted by molar-refractivity contribution is 7.89. The van der Waals surface area contributed by atoms with Crippen LogP contribution in [0.2, 0.25) is 0 Å². The Morgan fingerprint density at radius 2 is 1.75 bits per heavy atom. The summed E-state index contributed by atoms with van der Waals surface area (Å²) in [6, 6.07) is 5.69. The van der Waals surface area contributed by atoms with Gasteiger partial charge in [-0.1, -0.05) is 13.0 Å². The van der Waals surface area contributed by atoms with Crippen molar-refractivity contribution in [2.45, 2.75) is 75.6 Å². The van der Waals surface area contributed by atoms with Crippen molar-refractivity contribution in [2.75, 3.05) is 26.2 Å². The lowest BCUT2D eigenvalue weighted by molar-refractivity contribution is -0.157. The summed E-state index contributed by atoms with van der Waals surface area (Å²) < 4.78 is 33.0. The van der Waals surface area contributed by atoms with Crippen molar-refractivity contribution in [3.63, 3.8) is 0 Å². The molecular weight excluding hydrogens is 428 g/mol. The number of benzene rings is 1. The zero-order chi connectivity index (χ0) is 22.7. The number of esters is 1. The third-order valence-electron chi connectivity index (χ3n) is 7.25. The Bertz CT molecular complexity index is 953. The standard InChI is InChI=1S/C24H34N2O5S/c1-2-21-8-3-4-13-26(21)23(27)17-31-24(28)19-11-14-25(15-12-19)32(29,30)22-10-9-18-6-5-7-20(18)16-22/h9-10,16,19,21H,2-8,11-15,17H2,1H3. The molecule has 1 aromatic carbocycles. The third kappa shape index (κ3) is 4.86. The maximum absolute atomic E-state index is 13.1. The van der Waals surface area contributed by atoms with Crippen molar-refractivity contribution < 1.29 is 22.7 Å². The van der Waals surface area contributed by atoms with Crippen molar-refractivity contribution in [3.8, 4) is 0 Å². The van der Waals surface area contributed by atoms with E-state index >= 15 is 0 Å². The maximum atomic E-state index is 13.1. The number of piperidine rings is 2. The van der Waals surface area contributed by atoms with Gasteiger partial charge >= 0.3 is 5.97 Å². The van der Waals surface area contributed by atoms with E-state index in [-0.39, 0.29) is 37.6 Å². The number of fused-ring (bicyclic) bond motifs is 1. The summed E-state index contributed by atoms with van der Waals surface area (Å²) in [6.07, 6.45) is 7.90. The normalized spacial score (nSPS) is 22.5. The van der Waals surface area contributed by atoms with E-state index in [9.17, 15) is 18.0 Å². The summed E-state index contributed by atoms with van der Waals surface area (Å²) in [4.78, 5) is 27.3. The summed E-state index contributed by atoms with van der Waals surface area (Å²) in [6.45, 7) is 3.16. The van der Waals surface area contributed by atoms with Gasteiger partial charge in [-0.15, -0.1) is 0 Å². The fraction of sp³-hybridized carbons (Fsp3) is 0.667. The Kier molecular flexibility index (Phi) is 7.20. The van der Waals surface area contributed by atoms with Gasteiger partial charge in [0.1, 0.15) is 0 Å². The van der Waals surface area contributed by atoms with E-state index in [1.54, 1.807) is 6.07 Å². The van der Waals surface area contributed by atoms with Crippen LogP contribution in [-0.4, -0.2) is 61.8 Å². The van der Waals surface area contributed by atoms with Gasteiger partial charge in [-0.3, -0.25) is 9.59 Å². The average molecular weight is 463 g/mol. The number of rotatable bonds is 6. The molecule has 0 saturated carbocycles. The van der Waals surface area contributed by atoms with Crippen molar-refractivity contribution in [1.29, 1.82) is 0 Å². The van der Waals surface area contributed by atoms with Crippen molar-refractivity contribution in [2.24, 2.45) is 5.92 Å². The first-order chi connectivity index (χ1) is 15.4. The van der Waals surface area contributed by atoms with Gasteiger partial charge in [-0.2, -0.15) is 4.31 Å². The van der Waals surface area contributed by atoms with Crippen LogP contribution in [0.1, 0.15) is 63.0 Å². The number of amides is 1. The van der Waals surface area contributed by atoms with E-state index in [1.807, 2.05) is 17.0 Å². The third-order valence-corrected chi connectivity index (χ3v) is 9.15. The molecule has 176 valence electrons. The minimum absolute atomic E-state index is 0.124. The number of aryl methyl sites for hydroxylation is 2. The molecule has 8 heteroatoms. The van der Waals surface area contributed by atoms with Gasteiger partial charge in [0.05, 0.1) is 10.8 Å². The van der Waals surface area contributed by atoms with E-state index < -0.39 is 16.0 Å². The molecule has 2 aliphatic heterocycles. The first kappa shape index (κ1) is 23.2. The average Bonchev–Trinajstić information content (AvgIpc) is 3.30. The molecule has 1 amide bonds. The predicted octanol–water partition coefficient (Wildman–Crippen LogP) is 2.91. The minimum Gasteiger partial charge on any atom is -0.455 e. The summed E-state index contributed by atoms with van der Waals surface area (Å²) in [5, 5.41) is 0. The number of likely N-dealkylation sites (tertiary alicyclic amines) is 1. The topological polar surface area (TPSA) is 84.0 Å².